The molecule has 0 radical (unpaired) electrons. The largest absolute Gasteiger partial charge is 0.342 e. The van der Waals surface area contributed by atoms with Gasteiger partial charge in [-0.05, 0) is 26.2 Å². The molecule has 0 saturated carbocycles. The van der Waals surface area contributed by atoms with E-state index in [-0.39, 0.29) is 11.8 Å². The van der Waals surface area contributed by atoms with Gasteiger partial charge in [-0.1, -0.05) is 0 Å². The maximum atomic E-state index is 12.5. The minimum Gasteiger partial charge on any atom is -0.342 e. The Hall–Kier alpha value is -1.47. The molecule has 132 valence electrons. The predicted octanol–water partition coefficient (Wildman–Crippen LogP) is 1.15. The molecule has 7 heteroatoms. The van der Waals surface area contributed by atoms with E-state index in [0.717, 1.165) is 62.7 Å². The lowest BCUT2D eigenvalue weighted by Gasteiger charge is -2.23. The van der Waals surface area contributed by atoms with Gasteiger partial charge in [0.2, 0.25) is 11.8 Å². The number of hydrogen-bond donors (Lipinski definition) is 0. The molecule has 2 aliphatic rings. The smallest absolute Gasteiger partial charge is 0.236 e. The third-order valence-electron chi connectivity index (χ3n) is 4.76. The van der Waals surface area contributed by atoms with Gasteiger partial charge in [-0.15, -0.1) is 11.3 Å². The van der Waals surface area contributed by atoms with Gasteiger partial charge in [0, 0.05) is 44.6 Å². The average molecular weight is 350 g/mol. The Balaban J connectivity index is 1.47. The lowest BCUT2D eigenvalue weighted by Crippen LogP contribution is -2.41. The Kier molecular flexibility index (Phi) is 5.84. The highest BCUT2D eigenvalue weighted by Gasteiger charge is 2.24. The van der Waals surface area contributed by atoms with Gasteiger partial charge in [0.1, 0.15) is 0 Å². The molecule has 24 heavy (non-hydrogen) atoms. The Morgan fingerprint density at radius 1 is 1.00 bits per heavy atom. The second-order valence-electron chi connectivity index (χ2n) is 6.63. The van der Waals surface area contributed by atoms with Crippen LogP contribution in [-0.4, -0.2) is 77.3 Å². The molecule has 3 heterocycles. The van der Waals surface area contributed by atoms with Crippen molar-refractivity contribution in [2.45, 2.75) is 32.6 Å². The number of likely N-dealkylation sites (tertiary alicyclic amines) is 1. The lowest BCUT2D eigenvalue weighted by molar-refractivity contribution is -0.131. The molecule has 2 amide bonds. The number of aromatic nitrogens is 1. The molecule has 0 atom stereocenters. The Bertz CT molecular complexity index is 583. The van der Waals surface area contributed by atoms with Crippen molar-refractivity contribution in [1.29, 1.82) is 0 Å². The molecule has 2 aliphatic heterocycles. The first-order valence-corrected chi connectivity index (χ1v) is 9.69. The van der Waals surface area contributed by atoms with Gasteiger partial charge in [0.15, 0.2) is 0 Å². The highest BCUT2D eigenvalue weighted by Crippen LogP contribution is 2.12. The summed E-state index contributed by atoms with van der Waals surface area (Å²) in [6.45, 7) is 7.41. The van der Waals surface area contributed by atoms with E-state index < -0.39 is 0 Å². The van der Waals surface area contributed by atoms with Crippen LogP contribution in [0.1, 0.15) is 30.0 Å². The quantitative estimate of drug-likeness (QED) is 0.817. The summed E-state index contributed by atoms with van der Waals surface area (Å²) in [6.07, 6.45) is 3.57. The third kappa shape index (κ3) is 4.54. The lowest BCUT2D eigenvalue weighted by atomic mass is 10.3. The summed E-state index contributed by atoms with van der Waals surface area (Å²) in [7, 11) is 0. The van der Waals surface area contributed by atoms with Crippen LogP contribution in [0.4, 0.5) is 0 Å². The first-order chi connectivity index (χ1) is 11.6. The number of carbonyl (C=O) groups is 2. The zero-order chi connectivity index (χ0) is 16.9. The fourth-order valence-corrected chi connectivity index (χ4v) is 4.01. The molecule has 3 rings (SSSR count). The van der Waals surface area contributed by atoms with Crippen molar-refractivity contribution in [3.8, 4) is 0 Å². The summed E-state index contributed by atoms with van der Waals surface area (Å²) in [5, 5.41) is 2.96. The third-order valence-corrected chi connectivity index (χ3v) is 5.58. The first kappa shape index (κ1) is 17.4. The summed E-state index contributed by atoms with van der Waals surface area (Å²) in [4.78, 5) is 35.2. The molecule has 2 fully saturated rings. The fraction of sp³-hybridized carbons (Fsp3) is 0.706. The number of carbonyl (C=O) groups excluding carboxylic acids is 2. The Morgan fingerprint density at radius 2 is 1.71 bits per heavy atom. The number of amides is 2. The number of hydrogen-bond acceptors (Lipinski definition) is 5. The summed E-state index contributed by atoms with van der Waals surface area (Å²) in [5.74, 6) is 0.387. The summed E-state index contributed by atoms with van der Waals surface area (Å²) in [5.41, 5.74) is 0.868. The van der Waals surface area contributed by atoms with Crippen molar-refractivity contribution in [2.75, 3.05) is 45.8 Å². The van der Waals surface area contributed by atoms with E-state index in [0.29, 0.717) is 19.5 Å². The predicted molar refractivity (Wildman–Crippen MR) is 94.0 cm³/mol. The highest BCUT2D eigenvalue weighted by atomic mass is 32.1. The van der Waals surface area contributed by atoms with Crippen LogP contribution in [0.25, 0.3) is 0 Å². The molecule has 0 unspecified atom stereocenters. The minimum atomic E-state index is 0.146. The normalized spacial score (nSPS) is 19.5. The second-order valence-corrected chi connectivity index (χ2v) is 7.70. The highest BCUT2D eigenvalue weighted by molar-refractivity contribution is 7.09. The second kappa shape index (κ2) is 8.07. The van der Waals surface area contributed by atoms with Gasteiger partial charge in [0.25, 0.3) is 0 Å². The number of aryl methyl sites for hydroxylation is 1. The minimum absolute atomic E-state index is 0.146. The molecular weight excluding hydrogens is 324 g/mol. The van der Waals surface area contributed by atoms with Crippen LogP contribution in [0.15, 0.2) is 5.38 Å². The Morgan fingerprint density at radius 3 is 2.42 bits per heavy atom. The van der Waals surface area contributed by atoms with Gasteiger partial charge >= 0.3 is 0 Å². The molecule has 0 spiro atoms. The summed E-state index contributed by atoms with van der Waals surface area (Å²) >= 11 is 1.58. The molecule has 0 aliphatic carbocycles. The van der Waals surface area contributed by atoms with Crippen molar-refractivity contribution in [2.24, 2.45) is 0 Å². The first-order valence-electron chi connectivity index (χ1n) is 8.81. The molecular formula is C17H26N4O2S. The van der Waals surface area contributed by atoms with Gasteiger partial charge < -0.3 is 9.80 Å². The van der Waals surface area contributed by atoms with Gasteiger partial charge in [-0.25, -0.2) is 4.98 Å². The Labute approximate surface area is 147 Å². The van der Waals surface area contributed by atoms with Gasteiger partial charge in [0.05, 0.1) is 23.7 Å². The SMILES string of the molecule is Cc1nc(CC(=O)N2CCCN(CC(=O)N3CCCC3)CC2)cs1. The zero-order valence-corrected chi connectivity index (χ0v) is 15.2. The van der Waals surface area contributed by atoms with E-state index in [2.05, 4.69) is 9.88 Å². The van der Waals surface area contributed by atoms with Crippen LogP contribution in [0.3, 0.4) is 0 Å². The van der Waals surface area contributed by atoms with E-state index in [1.807, 2.05) is 22.1 Å². The molecule has 1 aromatic heterocycles. The van der Waals surface area contributed by atoms with E-state index in [1.54, 1.807) is 11.3 Å². The van der Waals surface area contributed by atoms with Crippen molar-refractivity contribution in [3.05, 3.63) is 16.1 Å². The topological polar surface area (TPSA) is 56.8 Å². The van der Waals surface area contributed by atoms with Crippen LogP contribution in [-0.2, 0) is 16.0 Å². The van der Waals surface area contributed by atoms with Crippen LogP contribution >= 0.6 is 11.3 Å². The van der Waals surface area contributed by atoms with E-state index in [1.165, 1.54) is 0 Å². The van der Waals surface area contributed by atoms with Gasteiger partial charge in [-0.3, -0.25) is 14.5 Å². The summed E-state index contributed by atoms with van der Waals surface area (Å²) in [6, 6.07) is 0. The maximum Gasteiger partial charge on any atom is 0.236 e. The fourth-order valence-electron chi connectivity index (χ4n) is 3.39. The van der Waals surface area contributed by atoms with Gasteiger partial charge in [-0.2, -0.15) is 0 Å². The van der Waals surface area contributed by atoms with Crippen LogP contribution < -0.4 is 0 Å². The molecule has 2 saturated heterocycles. The van der Waals surface area contributed by atoms with E-state index in [4.69, 9.17) is 0 Å². The van der Waals surface area contributed by atoms with Crippen molar-refractivity contribution < 1.29 is 9.59 Å². The number of thiazole rings is 1. The van der Waals surface area contributed by atoms with Crippen molar-refractivity contribution in [3.63, 3.8) is 0 Å². The van der Waals surface area contributed by atoms with Crippen LogP contribution in [0, 0.1) is 6.92 Å². The molecule has 1 aromatic rings. The average Bonchev–Trinajstić information content (AvgIpc) is 3.16. The summed E-state index contributed by atoms with van der Waals surface area (Å²) < 4.78 is 0. The van der Waals surface area contributed by atoms with E-state index >= 15 is 0 Å². The zero-order valence-electron chi connectivity index (χ0n) is 14.4. The standard InChI is InChI=1S/C17H26N4O2S/c1-14-18-15(13-24-14)11-16(22)21-8-4-5-19(9-10-21)12-17(23)20-6-2-3-7-20/h13H,2-12H2,1H3. The van der Waals surface area contributed by atoms with Crippen molar-refractivity contribution in [1.82, 2.24) is 19.7 Å². The molecule has 0 bridgehead atoms. The van der Waals surface area contributed by atoms with Crippen LogP contribution in [0.2, 0.25) is 0 Å². The maximum absolute atomic E-state index is 12.5. The molecule has 6 nitrogen and oxygen atoms in total. The monoisotopic (exact) mass is 350 g/mol. The van der Waals surface area contributed by atoms with Crippen molar-refractivity contribution >= 4 is 23.2 Å². The van der Waals surface area contributed by atoms with E-state index in [9.17, 15) is 9.59 Å². The van der Waals surface area contributed by atoms with Crippen LogP contribution in [0.5, 0.6) is 0 Å². The molecule has 0 aromatic carbocycles. The number of rotatable bonds is 4. The number of nitrogens with zero attached hydrogens (tertiary/aromatic N) is 4. The molecule has 0 N–H and O–H groups in total.